The van der Waals surface area contributed by atoms with Gasteiger partial charge in [-0.15, -0.1) is 0 Å². The zero-order valence-electron chi connectivity index (χ0n) is 13.0. The second-order valence-corrected chi connectivity index (χ2v) is 5.11. The Kier molecular flexibility index (Phi) is 4.65. The summed E-state index contributed by atoms with van der Waals surface area (Å²) in [7, 11) is 0. The average Bonchev–Trinajstić information content (AvgIpc) is 2.93. The summed E-state index contributed by atoms with van der Waals surface area (Å²) >= 11 is 0. The highest BCUT2D eigenvalue weighted by atomic mass is 16.6. The highest BCUT2D eigenvalue weighted by Crippen LogP contribution is 2.27. The van der Waals surface area contributed by atoms with Crippen LogP contribution in [0.2, 0.25) is 0 Å². The fourth-order valence-electron chi connectivity index (χ4n) is 2.62. The second kappa shape index (κ2) is 6.86. The van der Waals surface area contributed by atoms with E-state index in [4.69, 9.17) is 16.4 Å². The molecule has 3 aromatic rings. The molecule has 0 saturated heterocycles. The van der Waals surface area contributed by atoms with E-state index >= 15 is 0 Å². The van der Waals surface area contributed by atoms with Crippen LogP contribution in [0.1, 0.15) is 19.2 Å². The number of fused-ring (bicyclic) bond motifs is 3. The number of ether oxygens (including phenoxy) is 1. The van der Waals surface area contributed by atoms with Crippen LogP contribution in [-0.4, -0.2) is 32.7 Å². The van der Waals surface area contributed by atoms with E-state index in [0.29, 0.717) is 37.7 Å². The molecule has 8 heteroatoms. The van der Waals surface area contributed by atoms with Gasteiger partial charge >= 0.3 is 0 Å². The van der Waals surface area contributed by atoms with Crippen LogP contribution in [0.25, 0.3) is 22.1 Å². The van der Waals surface area contributed by atoms with Gasteiger partial charge in [0.05, 0.1) is 12.1 Å². The third-order valence-corrected chi connectivity index (χ3v) is 3.62. The van der Waals surface area contributed by atoms with Gasteiger partial charge < -0.3 is 19.9 Å². The molecule has 0 aliphatic carbocycles. The summed E-state index contributed by atoms with van der Waals surface area (Å²) in [5.74, 6) is 6.31. The average molecular weight is 316 g/mol. The summed E-state index contributed by atoms with van der Waals surface area (Å²) in [4.78, 5) is 18.1. The number of nitrogen functional groups attached to an aromatic ring is 1. The molecule has 3 rings (SSSR count). The van der Waals surface area contributed by atoms with Crippen molar-refractivity contribution in [1.82, 2.24) is 19.5 Å². The molecular weight excluding hydrogens is 296 g/mol. The summed E-state index contributed by atoms with van der Waals surface area (Å²) in [6.45, 7) is 4.11. The van der Waals surface area contributed by atoms with E-state index in [2.05, 4.69) is 24.4 Å². The van der Waals surface area contributed by atoms with Crippen molar-refractivity contribution in [1.29, 1.82) is 0 Å². The molecule has 0 bridgehead atoms. The van der Waals surface area contributed by atoms with Gasteiger partial charge in [-0.25, -0.2) is 15.9 Å². The Balaban J connectivity index is 2.19. The standard InChI is InChI=1S/C15H20N6O2/c1-2-22-9-11-20-13-14(21(11)7-4-8-23-17)12-10(19-15(13)16)5-3-6-18-12/h3,5-6H,2,4,7-9,17H2,1H3,(H2,16,19). The van der Waals surface area contributed by atoms with E-state index in [1.54, 1.807) is 6.20 Å². The first-order valence-corrected chi connectivity index (χ1v) is 7.55. The number of nitrogens with zero attached hydrogens (tertiary/aromatic N) is 4. The molecule has 4 N–H and O–H groups in total. The molecule has 0 aliphatic heterocycles. The maximum Gasteiger partial charge on any atom is 0.152 e. The number of hydrogen-bond donors (Lipinski definition) is 2. The van der Waals surface area contributed by atoms with Crippen LogP contribution in [0.5, 0.6) is 0 Å². The summed E-state index contributed by atoms with van der Waals surface area (Å²) in [6, 6.07) is 3.73. The van der Waals surface area contributed by atoms with Crippen molar-refractivity contribution in [3.8, 4) is 0 Å². The Labute approximate surface area is 133 Å². The maximum atomic E-state index is 6.09. The summed E-state index contributed by atoms with van der Waals surface area (Å²) in [5, 5.41) is 0. The van der Waals surface area contributed by atoms with Gasteiger partial charge in [-0.2, -0.15) is 0 Å². The monoisotopic (exact) mass is 316 g/mol. The third-order valence-electron chi connectivity index (χ3n) is 3.62. The van der Waals surface area contributed by atoms with Crippen LogP contribution in [0, 0.1) is 0 Å². The van der Waals surface area contributed by atoms with E-state index < -0.39 is 0 Å². The van der Waals surface area contributed by atoms with Gasteiger partial charge in [0.15, 0.2) is 5.82 Å². The van der Waals surface area contributed by atoms with Gasteiger partial charge in [0, 0.05) is 19.3 Å². The van der Waals surface area contributed by atoms with Gasteiger partial charge in [0.2, 0.25) is 0 Å². The Morgan fingerprint density at radius 2 is 2.13 bits per heavy atom. The largest absolute Gasteiger partial charge is 0.382 e. The Hall–Kier alpha value is -2.29. The smallest absolute Gasteiger partial charge is 0.152 e. The normalized spacial score (nSPS) is 11.6. The molecule has 3 heterocycles. The SMILES string of the molecule is CCOCc1nc2c(N)nc3cccnc3c2n1CCCON. The molecule has 0 spiro atoms. The Morgan fingerprint density at radius 3 is 2.91 bits per heavy atom. The minimum atomic E-state index is 0.395. The first-order chi connectivity index (χ1) is 11.3. The molecule has 0 amide bonds. The third kappa shape index (κ3) is 2.96. The van der Waals surface area contributed by atoms with Crippen molar-refractivity contribution < 1.29 is 9.57 Å². The molecule has 23 heavy (non-hydrogen) atoms. The number of aryl methyl sites for hydroxylation is 1. The number of aromatic nitrogens is 4. The lowest BCUT2D eigenvalue weighted by molar-refractivity contribution is 0.121. The lowest BCUT2D eigenvalue weighted by Gasteiger charge is -2.10. The highest BCUT2D eigenvalue weighted by Gasteiger charge is 2.17. The van der Waals surface area contributed by atoms with Crippen LogP contribution in [-0.2, 0) is 22.7 Å². The van der Waals surface area contributed by atoms with Crippen LogP contribution in [0.3, 0.4) is 0 Å². The van der Waals surface area contributed by atoms with E-state index in [-0.39, 0.29) is 0 Å². The van der Waals surface area contributed by atoms with Crippen LogP contribution >= 0.6 is 0 Å². The number of imidazole rings is 1. The van der Waals surface area contributed by atoms with E-state index in [1.165, 1.54) is 0 Å². The quantitative estimate of drug-likeness (QED) is 0.500. The van der Waals surface area contributed by atoms with Gasteiger partial charge in [-0.3, -0.25) is 4.98 Å². The van der Waals surface area contributed by atoms with Crippen LogP contribution in [0.15, 0.2) is 18.3 Å². The number of anilines is 1. The molecule has 0 saturated carbocycles. The molecule has 0 aliphatic rings. The fourth-order valence-corrected chi connectivity index (χ4v) is 2.62. The number of nitrogens with two attached hydrogens (primary N) is 2. The minimum Gasteiger partial charge on any atom is -0.382 e. The predicted octanol–water partition coefficient (Wildman–Crippen LogP) is 1.38. The molecule has 122 valence electrons. The fraction of sp³-hybridized carbons (Fsp3) is 0.400. The Bertz CT molecular complexity index is 816. The molecule has 0 radical (unpaired) electrons. The first kappa shape index (κ1) is 15.6. The maximum absolute atomic E-state index is 6.09. The summed E-state index contributed by atoms with van der Waals surface area (Å²) < 4.78 is 7.59. The van der Waals surface area contributed by atoms with Crippen molar-refractivity contribution in [2.24, 2.45) is 5.90 Å². The van der Waals surface area contributed by atoms with E-state index in [0.717, 1.165) is 28.8 Å². The number of pyridine rings is 2. The first-order valence-electron chi connectivity index (χ1n) is 7.55. The summed E-state index contributed by atoms with van der Waals surface area (Å²) in [5.41, 5.74) is 9.14. The van der Waals surface area contributed by atoms with Crippen molar-refractivity contribution in [3.05, 3.63) is 24.2 Å². The van der Waals surface area contributed by atoms with Gasteiger partial charge in [-0.1, -0.05) is 0 Å². The lowest BCUT2D eigenvalue weighted by Crippen LogP contribution is -2.10. The van der Waals surface area contributed by atoms with Gasteiger partial charge in [-0.05, 0) is 25.5 Å². The molecule has 8 nitrogen and oxygen atoms in total. The van der Waals surface area contributed by atoms with E-state index in [1.807, 2.05) is 19.1 Å². The molecule has 0 aromatic carbocycles. The summed E-state index contributed by atoms with van der Waals surface area (Å²) in [6.07, 6.45) is 2.49. The zero-order valence-corrected chi connectivity index (χ0v) is 13.0. The number of rotatable bonds is 7. The van der Waals surface area contributed by atoms with Crippen molar-refractivity contribution >= 4 is 27.9 Å². The topological polar surface area (TPSA) is 114 Å². The van der Waals surface area contributed by atoms with Crippen molar-refractivity contribution in [2.45, 2.75) is 26.5 Å². The van der Waals surface area contributed by atoms with Crippen LogP contribution in [0.4, 0.5) is 5.82 Å². The Morgan fingerprint density at radius 1 is 1.26 bits per heavy atom. The predicted molar refractivity (Wildman–Crippen MR) is 87.3 cm³/mol. The lowest BCUT2D eigenvalue weighted by atomic mass is 10.2. The molecule has 0 unspecified atom stereocenters. The van der Waals surface area contributed by atoms with Crippen molar-refractivity contribution in [2.75, 3.05) is 18.9 Å². The minimum absolute atomic E-state index is 0.395. The second-order valence-electron chi connectivity index (χ2n) is 5.11. The number of hydrogen-bond acceptors (Lipinski definition) is 7. The van der Waals surface area contributed by atoms with Gasteiger partial charge in [0.25, 0.3) is 0 Å². The van der Waals surface area contributed by atoms with Crippen molar-refractivity contribution in [3.63, 3.8) is 0 Å². The van der Waals surface area contributed by atoms with E-state index in [9.17, 15) is 0 Å². The molecular formula is C15H20N6O2. The molecule has 0 fully saturated rings. The molecule has 0 atom stereocenters. The molecule has 3 aromatic heterocycles. The highest BCUT2D eigenvalue weighted by molar-refractivity contribution is 6.04. The van der Waals surface area contributed by atoms with Gasteiger partial charge in [0.1, 0.15) is 29.0 Å². The zero-order chi connectivity index (χ0) is 16.2. The van der Waals surface area contributed by atoms with Crippen LogP contribution < -0.4 is 11.6 Å².